The summed E-state index contributed by atoms with van der Waals surface area (Å²) in [6.45, 7) is 9.48. The highest BCUT2D eigenvalue weighted by atomic mass is 32.1. The molecule has 0 aliphatic heterocycles. The molecule has 0 aliphatic carbocycles. The lowest BCUT2D eigenvalue weighted by atomic mass is 10.4. The third-order valence-electron chi connectivity index (χ3n) is 3.02. The molecule has 0 saturated carbocycles. The second-order valence-electron chi connectivity index (χ2n) is 3.82. The lowest BCUT2D eigenvalue weighted by Gasteiger charge is -2.23. The van der Waals surface area contributed by atoms with E-state index in [-0.39, 0.29) is 0 Å². The third kappa shape index (κ3) is 4.51. The van der Waals surface area contributed by atoms with Gasteiger partial charge in [-0.25, -0.2) is 0 Å². The van der Waals surface area contributed by atoms with E-state index in [1.165, 1.54) is 12.6 Å². The fraction of sp³-hybridized carbons (Fsp3) is 0.818. The van der Waals surface area contributed by atoms with Crippen molar-refractivity contribution in [2.24, 2.45) is 0 Å². The van der Waals surface area contributed by atoms with Crippen LogP contribution in [-0.4, -0.2) is 24.2 Å². The van der Waals surface area contributed by atoms with Crippen LogP contribution in [0.15, 0.2) is 11.9 Å². The minimum Gasteiger partial charge on any atom is -0.179 e. The molecule has 2 heteroatoms. The summed E-state index contributed by atoms with van der Waals surface area (Å²) in [6, 6.07) is 0. The van der Waals surface area contributed by atoms with Crippen molar-refractivity contribution in [1.82, 2.24) is 0 Å². The molecule has 2 atom stereocenters. The number of hydrogen-bond donors (Lipinski definition) is 1. The predicted molar refractivity (Wildman–Crippen MR) is 70.7 cm³/mol. The van der Waals surface area contributed by atoms with Gasteiger partial charge in [0, 0.05) is 7.26 Å². The highest BCUT2D eigenvalue weighted by Crippen LogP contribution is 2.61. The SMILES string of the molecule is CCC(C)[P+](C)(/C=C/CCS)CC. The van der Waals surface area contributed by atoms with Crippen molar-refractivity contribution in [1.29, 1.82) is 0 Å². The Morgan fingerprint density at radius 3 is 2.38 bits per heavy atom. The maximum Gasteiger partial charge on any atom is 0.0705 e. The Bertz CT molecular complexity index is 156. The van der Waals surface area contributed by atoms with Crippen molar-refractivity contribution in [3.05, 3.63) is 11.9 Å². The van der Waals surface area contributed by atoms with Gasteiger partial charge in [-0.15, -0.1) is 0 Å². The first-order valence-electron chi connectivity index (χ1n) is 5.24. The highest BCUT2D eigenvalue weighted by molar-refractivity contribution is 7.80. The highest BCUT2D eigenvalue weighted by Gasteiger charge is 2.32. The molecule has 0 fully saturated rings. The van der Waals surface area contributed by atoms with Gasteiger partial charge in [-0.05, 0) is 38.5 Å². The van der Waals surface area contributed by atoms with E-state index in [4.69, 9.17) is 0 Å². The molecule has 2 unspecified atom stereocenters. The zero-order chi connectivity index (χ0) is 10.3. The van der Waals surface area contributed by atoms with E-state index >= 15 is 0 Å². The average Bonchev–Trinajstić information content (AvgIpc) is 2.16. The summed E-state index contributed by atoms with van der Waals surface area (Å²) in [5.41, 5.74) is 0.883. The van der Waals surface area contributed by atoms with E-state index in [2.05, 4.69) is 52.0 Å². The lowest BCUT2D eigenvalue weighted by molar-refractivity contribution is 0.884. The Morgan fingerprint density at radius 1 is 1.38 bits per heavy atom. The third-order valence-corrected chi connectivity index (χ3v) is 7.91. The average molecular weight is 219 g/mol. The van der Waals surface area contributed by atoms with E-state index in [0.29, 0.717) is 0 Å². The van der Waals surface area contributed by atoms with Gasteiger partial charge in [0.05, 0.1) is 24.3 Å². The van der Waals surface area contributed by atoms with Gasteiger partial charge in [0.1, 0.15) is 0 Å². The van der Waals surface area contributed by atoms with Crippen molar-refractivity contribution in [3.8, 4) is 0 Å². The molecule has 0 heterocycles. The zero-order valence-corrected chi connectivity index (χ0v) is 11.2. The molecule has 0 rings (SSSR count). The Balaban J connectivity index is 4.26. The van der Waals surface area contributed by atoms with Crippen LogP contribution < -0.4 is 0 Å². The summed E-state index contributed by atoms with van der Waals surface area (Å²) in [7, 11) is -0.785. The van der Waals surface area contributed by atoms with Gasteiger partial charge in [0.25, 0.3) is 0 Å². The molecule has 13 heavy (non-hydrogen) atoms. The number of rotatable bonds is 6. The zero-order valence-electron chi connectivity index (χ0n) is 9.45. The molecule has 0 N–H and O–H groups in total. The monoisotopic (exact) mass is 219 g/mol. The van der Waals surface area contributed by atoms with Crippen LogP contribution in [0.1, 0.15) is 33.6 Å². The van der Waals surface area contributed by atoms with Gasteiger partial charge in [0.2, 0.25) is 0 Å². The summed E-state index contributed by atoms with van der Waals surface area (Å²) in [5, 5.41) is 0. The van der Waals surface area contributed by atoms with Crippen molar-refractivity contribution in [2.45, 2.75) is 39.3 Å². The maximum atomic E-state index is 4.22. The van der Waals surface area contributed by atoms with Gasteiger partial charge in [-0.3, -0.25) is 0 Å². The Morgan fingerprint density at radius 2 is 2.00 bits per heavy atom. The molecule has 0 radical (unpaired) electrons. The molecule has 0 aromatic rings. The van der Waals surface area contributed by atoms with Gasteiger partial charge < -0.3 is 0 Å². The van der Waals surface area contributed by atoms with E-state index in [0.717, 1.165) is 17.8 Å². The van der Waals surface area contributed by atoms with Gasteiger partial charge in [0.15, 0.2) is 0 Å². The van der Waals surface area contributed by atoms with E-state index in [9.17, 15) is 0 Å². The Kier molecular flexibility index (Phi) is 7.17. The van der Waals surface area contributed by atoms with Gasteiger partial charge in [-0.2, -0.15) is 12.6 Å². The van der Waals surface area contributed by atoms with Crippen LogP contribution in [0.25, 0.3) is 0 Å². The molecule has 0 bridgehead atoms. The standard InChI is InChI=1S/C11H23PS/c1-5-11(3)12(4,6-2)9-7-8-10-13/h7,9,11H,5-6,8,10H2,1-4H3/p+1/b9-7+. The van der Waals surface area contributed by atoms with Crippen molar-refractivity contribution in [3.63, 3.8) is 0 Å². The molecular weight excluding hydrogens is 195 g/mol. The molecule has 0 saturated heterocycles. The molecule has 0 aromatic heterocycles. The second-order valence-corrected chi connectivity index (χ2v) is 8.77. The van der Waals surface area contributed by atoms with Gasteiger partial charge in [-0.1, -0.05) is 6.92 Å². The lowest BCUT2D eigenvalue weighted by Crippen LogP contribution is -2.07. The molecule has 0 spiro atoms. The smallest absolute Gasteiger partial charge is 0.0705 e. The van der Waals surface area contributed by atoms with Crippen LogP contribution in [-0.2, 0) is 0 Å². The summed E-state index contributed by atoms with van der Waals surface area (Å²) in [5.74, 6) is 3.47. The van der Waals surface area contributed by atoms with Crippen molar-refractivity contribution >= 4 is 19.9 Å². The first-order chi connectivity index (χ1) is 6.10. The summed E-state index contributed by atoms with van der Waals surface area (Å²) in [4.78, 5) is 0. The fourth-order valence-corrected chi connectivity index (χ4v) is 4.11. The minimum absolute atomic E-state index is 0.785. The Labute approximate surface area is 89.9 Å². The molecule has 78 valence electrons. The van der Waals surface area contributed by atoms with Crippen molar-refractivity contribution in [2.75, 3.05) is 18.6 Å². The summed E-state index contributed by atoms with van der Waals surface area (Å²) in [6.07, 6.45) is 6.10. The maximum absolute atomic E-state index is 4.22. The predicted octanol–water partition coefficient (Wildman–Crippen LogP) is 4.29. The number of thiol groups is 1. The van der Waals surface area contributed by atoms with Crippen LogP contribution >= 0.6 is 19.9 Å². The first-order valence-corrected chi connectivity index (χ1v) is 8.43. The number of allylic oxidation sites excluding steroid dienone is 1. The van der Waals surface area contributed by atoms with Crippen LogP contribution in [0.2, 0.25) is 0 Å². The second kappa shape index (κ2) is 6.90. The molecule has 0 amide bonds. The van der Waals surface area contributed by atoms with Crippen LogP contribution in [0.3, 0.4) is 0 Å². The topological polar surface area (TPSA) is 0 Å². The first kappa shape index (κ1) is 13.5. The van der Waals surface area contributed by atoms with Crippen LogP contribution in [0, 0.1) is 0 Å². The largest absolute Gasteiger partial charge is 0.179 e. The quantitative estimate of drug-likeness (QED) is 0.500. The van der Waals surface area contributed by atoms with E-state index in [1.807, 2.05) is 0 Å². The molecule has 0 nitrogen and oxygen atoms in total. The normalized spacial score (nSPS) is 18.8. The fourth-order valence-electron chi connectivity index (χ4n) is 1.37. The summed E-state index contributed by atoms with van der Waals surface area (Å²) >= 11 is 4.22. The minimum atomic E-state index is -0.785. The number of hydrogen-bond acceptors (Lipinski definition) is 1. The molecule has 0 aliphatic rings. The van der Waals surface area contributed by atoms with Crippen LogP contribution in [0.5, 0.6) is 0 Å². The Hall–Kier alpha value is 0.520. The van der Waals surface area contributed by atoms with E-state index < -0.39 is 7.26 Å². The summed E-state index contributed by atoms with van der Waals surface area (Å²) < 4.78 is 0. The van der Waals surface area contributed by atoms with Gasteiger partial charge >= 0.3 is 0 Å². The molecule has 0 aromatic carbocycles. The van der Waals surface area contributed by atoms with Crippen molar-refractivity contribution < 1.29 is 0 Å². The molecular formula is C11H24PS+. The van der Waals surface area contributed by atoms with Crippen LogP contribution in [0.4, 0.5) is 0 Å². The van der Waals surface area contributed by atoms with E-state index in [1.54, 1.807) is 0 Å².